The number of sulfonamides is 1. The lowest BCUT2D eigenvalue weighted by atomic mass is 10.0. The fraction of sp³-hybridized carbons (Fsp3) is 0.538. The van der Waals surface area contributed by atoms with Crippen molar-refractivity contribution in [3.63, 3.8) is 0 Å². The lowest BCUT2D eigenvalue weighted by Gasteiger charge is -2.37. The SMILES string of the molecule is CN1CCCC(N(C)c2cc(N)cc(S(N)(=O)=O)c2)C1. The highest BCUT2D eigenvalue weighted by Gasteiger charge is 2.22. The van der Waals surface area contributed by atoms with Crippen LogP contribution >= 0.6 is 0 Å². The first-order chi connectivity index (χ1) is 9.27. The van der Waals surface area contributed by atoms with E-state index in [1.807, 2.05) is 7.05 Å². The summed E-state index contributed by atoms with van der Waals surface area (Å²) >= 11 is 0. The number of hydrogen-bond acceptors (Lipinski definition) is 5. The molecule has 0 bridgehead atoms. The van der Waals surface area contributed by atoms with Gasteiger partial charge in [-0.25, -0.2) is 13.6 Å². The summed E-state index contributed by atoms with van der Waals surface area (Å²) in [5.41, 5.74) is 6.99. The van der Waals surface area contributed by atoms with E-state index in [0.717, 1.165) is 31.6 Å². The zero-order valence-corrected chi connectivity index (χ0v) is 12.7. The molecule has 1 aromatic rings. The molecule has 2 rings (SSSR count). The molecule has 4 N–H and O–H groups in total. The second-order valence-corrected chi connectivity index (χ2v) is 7.04. The molecule has 1 saturated heterocycles. The summed E-state index contributed by atoms with van der Waals surface area (Å²) < 4.78 is 23.0. The molecule has 1 atom stereocenters. The summed E-state index contributed by atoms with van der Waals surface area (Å²) in [6, 6.07) is 5.10. The number of likely N-dealkylation sites (N-methyl/N-ethyl adjacent to an activating group) is 2. The van der Waals surface area contributed by atoms with Crippen LogP contribution < -0.4 is 15.8 Å². The molecule has 1 aromatic carbocycles. The zero-order chi connectivity index (χ0) is 14.9. The first-order valence-corrected chi connectivity index (χ1v) is 8.17. The molecular formula is C13H22N4O2S. The van der Waals surface area contributed by atoms with Crippen LogP contribution in [-0.2, 0) is 10.0 Å². The summed E-state index contributed by atoms with van der Waals surface area (Å²) in [7, 11) is 0.316. The number of nitrogens with two attached hydrogens (primary N) is 2. The van der Waals surface area contributed by atoms with Crippen LogP contribution in [-0.4, -0.2) is 46.5 Å². The molecule has 6 nitrogen and oxygen atoms in total. The van der Waals surface area contributed by atoms with E-state index in [9.17, 15) is 8.42 Å². The van der Waals surface area contributed by atoms with E-state index >= 15 is 0 Å². The van der Waals surface area contributed by atoms with Crippen molar-refractivity contribution < 1.29 is 8.42 Å². The molecule has 0 saturated carbocycles. The summed E-state index contributed by atoms with van der Waals surface area (Å²) in [6.45, 7) is 2.06. The van der Waals surface area contributed by atoms with Crippen LogP contribution in [0.5, 0.6) is 0 Å². The van der Waals surface area contributed by atoms with Crippen molar-refractivity contribution >= 4 is 21.4 Å². The van der Waals surface area contributed by atoms with Crippen molar-refractivity contribution in [2.75, 3.05) is 37.8 Å². The van der Waals surface area contributed by atoms with Crippen LogP contribution in [0.2, 0.25) is 0 Å². The predicted octanol–water partition coefficient (Wildman–Crippen LogP) is 0.447. The number of benzene rings is 1. The van der Waals surface area contributed by atoms with Crippen LogP contribution in [0.4, 0.5) is 11.4 Å². The van der Waals surface area contributed by atoms with Gasteiger partial charge in [0.05, 0.1) is 4.90 Å². The summed E-state index contributed by atoms with van der Waals surface area (Å²) in [5, 5.41) is 5.19. The highest BCUT2D eigenvalue weighted by atomic mass is 32.2. The largest absolute Gasteiger partial charge is 0.399 e. The third-order valence-corrected chi connectivity index (χ3v) is 4.69. The maximum atomic E-state index is 11.5. The average molecular weight is 298 g/mol. The lowest BCUT2D eigenvalue weighted by molar-refractivity contribution is 0.248. The van der Waals surface area contributed by atoms with Gasteiger partial charge in [-0.15, -0.1) is 0 Å². The van der Waals surface area contributed by atoms with E-state index in [4.69, 9.17) is 10.9 Å². The molecule has 1 fully saturated rings. The molecule has 1 heterocycles. The van der Waals surface area contributed by atoms with Gasteiger partial charge in [0.25, 0.3) is 0 Å². The van der Waals surface area contributed by atoms with Crippen LogP contribution in [0.25, 0.3) is 0 Å². The molecule has 112 valence electrons. The Morgan fingerprint density at radius 1 is 1.35 bits per heavy atom. The highest BCUT2D eigenvalue weighted by Crippen LogP contribution is 2.26. The summed E-state index contributed by atoms with van der Waals surface area (Å²) in [5.74, 6) is 0. The van der Waals surface area contributed by atoms with Crippen LogP contribution in [0.15, 0.2) is 23.1 Å². The zero-order valence-electron chi connectivity index (χ0n) is 11.9. The van der Waals surface area contributed by atoms with Crippen molar-refractivity contribution in [2.45, 2.75) is 23.8 Å². The van der Waals surface area contributed by atoms with Crippen LogP contribution in [0.1, 0.15) is 12.8 Å². The Morgan fingerprint density at radius 3 is 2.65 bits per heavy atom. The minimum atomic E-state index is -3.74. The molecular weight excluding hydrogens is 276 g/mol. The monoisotopic (exact) mass is 298 g/mol. The molecule has 0 aliphatic carbocycles. The van der Waals surface area contributed by atoms with Gasteiger partial charge in [-0.3, -0.25) is 0 Å². The maximum absolute atomic E-state index is 11.5. The third kappa shape index (κ3) is 3.41. The number of likely N-dealkylation sites (tertiary alicyclic amines) is 1. The lowest BCUT2D eigenvalue weighted by Crippen LogP contribution is -2.45. The molecule has 20 heavy (non-hydrogen) atoms. The molecule has 1 aliphatic heterocycles. The van der Waals surface area contributed by atoms with Gasteiger partial charge in [-0.2, -0.15) is 0 Å². The smallest absolute Gasteiger partial charge is 0.238 e. The number of primary sulfonamides is 1. The fourth-order valence-corrected chi connectivity index (χ4v) is 3.23. The average Bonchev–Trinajstić information content (AvgIpc) is 2.36. The molecule has 1 aliphatic rings. The Kier molecular flexibility index (Phi) is 4.22. The fourth-order valence-electron chi connectivity index (χ4n) is 2.64. The van der Waals surface area contributed by atoms with Gasteiger partial charge in [-0.05, 0) is 44.6 Å². The van der Waals surface area contributed by atoms with E-state index in [1.165, 1.54) is 6.07 Å². The molecule has 7 heteroatoms. The van der Waals surface area contributed by atoms with E-state index in [1.54, 1.807) is 12.1 Å². The Bertz CT molecular complexity index is 588. The van der Waals surface area contributed by atoms with Gasteiger partial charge in [0.1, 0.15) is 0 Å². The molecule has 0 radical (unpaired) electrons. The van der Waals surface area contributed by atoms with Crippen molar-refractivity contribution in [2.24, 2.45) is 5.14 Å². The number of rotatable bonds is 3. The van der Waals surface area contributed by atoms with E-state index < -0.39 is 10.0 Å². The first kappa shape index (κ1) is 15.1. The number of nitrogen functional groups attached to an aromatic ring is 1. The number of anilines is 2. The van der Waals surface area contributed by atoms with Crippen molar-refractivity contribution in [1.82, 2.24) is 4.90 Å². The van der Waals surface area contributed by atoms with Gasteiger partial charge < -0.3 is 15.5 Å². The Balaban J connectivity index is 2.30. The topological polar surface area (TPSA) is 92.7 Å². The minimum Gasteiger partial charge on any atom is -0.399 e. The molecule has 0 amide bonds. The van der Waals surface area contributed by atoms with Gasteiger partial charge in [0, 0.05) is 31.0 Å². The molecule has 0 aromatic heterocycles. The Labute approximate surface area is 120 Å². The second-order valence-electron chi connectivity index (χ2n) is 5.47. The minimum absolute atomic E-state index is 0.0588. The van der Waals surface area contributed by atoms with Gasteiger partial charge in [0.15, 0.2) is 0 Å². The molecule has 1 unspecified atom stereocenters. The van der Waals surface area contributed by atoms with Gasteiger partial charge in [0.2, 0.25) is 10.0 Å². The maximum Gasteiger partial charge on any atom is 0.238 e. The summed E-state index contributed by atoms with van der Waals surface area (Å²) in [4.78, 5) is 4.42. The van der Waals surface area contributed by atoms with Gasteiger partial charge >= 0.3 is 0 Å². The standard InChI is InChI=1S/C13H22N4O2S/c1-16-5-3-4-11(9-16)17(2)12-6-10(14)7-13(8-12)20(15,18)19/h6-8,11H,3-5,9,14H2,1-2H3,(H2,15,18,19). The van der Waals surface area contributed by atoms with Crippen molar-refractivity contribution in [3.05, 3.63) is 18.2 Å². The van der Waals surface area contributed by atoms with Crippen LogP contribution in [0, 0.1) is 0 Å². The number of nitrogens with zero attached hydrogens (tertiary/aromatic N) is 2. The first-order valence-electron chi connectivity index (χ1n) is 6.62. The normalized spacial score (nSPS) is 20.9. The predicted molar refractivity (Wildman–Crippen MR) is 81.1 cm³/mol. The Morgan fingerprint density at radius 2 is 2.05 bits per heavy atom. The summed E-state index contributed by atoms with van der Waals surface area (Å²) in [6.07, 6.45) is 2.22. The molecule has 0 spiro atoms. The Hall–Kier alpha value is -1.31. The van der Waals surface area contributed by atoms with Crippen molar-refractivity contribution in [1.29, 1.82) is 0 Å². The van der Waals surface area contributed by atoms with E-state index in [-0.39, 0.29) is 4.90 Å². The number of piperidine rings is 1. The van der Waals surface area contributed by atoms with Gasteiger partial charge in [-0.1, -0.05) is 0 Å². The van der Waals surface area contributed by atoms with E-state index in [2.05, 4.69) is 16.8 Å². The second kappa shape index (κ2) is 5.59. The third-order valence-electron chi connectivity index (χ3n) is 3.80. The quantitative estimate of drug-likeness (QED) is 0.790. The highest BCUT2D eigenvalue weighted by molar-refractivity contribution is 7.89. The van der Waals surface area contributed by atoms with Crippen molar-refractivity contribution in [3.8, 4) is 0 Å². The van der Waals surface area contributed by atoms with E-state index in [0.29, 0.717) is 11.7 Å². The number of hydrogen-bond donors (Lipinski definition) is 2. The van der Waals surface area contributed by atoms with Crippen LogP contribution in [0.3, 0.4) is 0 Å².